The molecule has 0 aliphatic rings. The number of H-pyrrole nitrogens is 1. The van der Waals surface area contributed by atoms with Gasteiger partial charge in [0, 0.05) is 0 Å². The van der Waals surface area contributed by atoms with Crippen LogP contribution in [0.25, 0.3) is 0 Å². The molecule has 80 valence electrons. The van der Waals surface area contributed by atoms with Crippen LogP contribution in [0.1, 0.15) is 12.2 Å². The third-order valence-electron chi connectivity index (χ3n) is 1.46. The molecule has 1 heterocycles. The molecule has 0 bridgehead atoms. The molecule has 0 amide bonds. The van der Waals surface area contributed by atoms with Crippen LogP contribution in [0.4, 0.5) is 0 Å². The molecule has 0 spiro atoms. The van der Waals surface area contributed by atoms with Crippen molar-refractivity contribution in [3.63, 3.8) is 0 Å². The largest absolute Gasteiger partial charge is 0.330 e. The monoisotopic (exact) mass is 220 g/mol. The minimum atomic E-state index is -3.27. The third-order valence-corrected chi connectivity index (χ3v) is 2.87. The first-order valence-corrected chi connectivity index (χ1v) is 5.69. The first-order valence-electron chi connectivity index (χ1n) is 4.04. The van der Waals surface area contributed by atoms with Gasteiger partial charge in [0.05, 0.1) is 12.3 Å². The minimum Gasteiger partial charge on any atom is -0.330 e. The van der Waals surface area contributed by atoms with Gasteiger partial charge in [-0.1, -0.05) is 5.21 Å². The molecule has 8 nitrogen and oxygen atoms in total. The van der Waals surface area contributed by atoms with Crippen LogP contribution in [0.2, 0.25) is 0 Å². The Balaban J connectivity index is 2.37. The van der Waals surface area contributed by atoms with Crippen molar-refractivity contribution in [2.75, 3.05) is 12.3 Å². The molecule has 9 heteroatoms. The molecule has 0 fully saturated rings. The van der Waals surface area contributed by atoms with Gasteiger partial charge in [-0.05, 0) is 13.0 Å². The van der Waals surface area contributed by atoms with E-state index >= 15 is 0 Å². The van der Waals surface area contributed by atoms with Crippen LogP contribution < -0.4 is 10.5 Å². The maximum Gasteiger partial charge on any atom is 0.212 e. The lowest BCUT2D eigenvalue weighted by atomic mass is 10.5. The van der Waals surface area contributed by atoms with Crippen LogP contribution in [-0.4, -0.2) is 41.3 Å². The molecule has 0 aromatic carbocycles. The molecule has 0 saturated carbocycles. The van der Waals surface area contributed by atoms with Crippen LogP contribution in [-0.2, 0) is 16.6 Å². The fourth-order valence-electron chi connectivity index (χ4n) is 0.777. The zero-order chi connectivity index (χ0) is 10.4. The number of hydrogen-bond donors (Lipinski definition) is 3. The standard InChI is InChI=1S/C5H12N6O2S/c6-2-1-3-14(12,13)7-4-5-8-10-11-9-5/h7H,1-4,6H2,(H,8,9,10,11). The summed E-state index contributed by atoms with van der Waals surface area (Å²) in [6, 6.07) is 0. The molecular weight excluding hydrogens is 208 g/mol. The minimum absolute atomic E-state index is 0.0152. The van der Waals surface area contributed by atoms with E-state index in [0.717, 1.165) is 0 Å². The Morgan fingerprint density at radius 2 is 2.29 bits per heavy atom. The lowest BCUT2D eigenvalue weighted by Crippen LogP contribution is -2.27. The van der Waals surface area contributed by atoms with E-state index in [9.17, 15) is 8.42 Å². The number of rotatable bonds is 6. The first kappa shape index (κ1) is 11.0. The summed E-state index contributed by atoms with van der Waals surface area (Å²) in [5.41, 5.74) is 5.19. The second-order valence-electron chi connectivity index (χ2n) is 2.61. The van der Waals surface area contributed by atoms with Crippen LogP contribution in [0, 0.1) is 0 Å². The predicted octanol–water partition coefficient (Wildman–Crippen LogP) is -2.03. The summed E-state index contributed by atoms with van der Waals surface area (Å²) in [5.74, 6) is 0.322. The molecule has 1 aromatic rings. The van der Waals surface area contributed by atoms with E-state index in [4.69, 9.17) is 5.73 Å². The lowest BCUT2D eigenvalue weighted by molar-refractivity contribution is 0.577. The normalized spacial score (nSPS) is 11.8. The first-order chi connectivity index (χ1) is 6.64. The number of nitrogens with one attached hydrogen (secondary N) is 2. The van der Waals surface area contributed by atoms with Crippen molar-refractivity contribution >= 4 is 10.0 Å². The molecule has 0 saturated heterocycles. The number of tetrazole rings is 1. The van der Waals surface area contributed by atoms with Crippen LogP contribution in [0.3, 0.4) is 0 Å². The number of aromatic nitrogens is 4. The van der Waals surface area contributed by atoms with Gasteiger partial charge in [0.1, 0.15) is 0 Å². The van der Waals surface area contributed by atoms with Gasteiger partial charge in [0.15, 0.2) is 5.82 Å². The van der Waals surface area contributed by atoms with Crippen molar-refractivity contribution in [3.05, 3.63) is 5.82 Å². The molecule has 1 rings (SSSR count). The topological polar surface area (TPSA) is 127 Å². The van der Waals surface area contributed by atoms with Gasteiger partial charge in [-0.25, -0.2) is 13.1 Å². The van der Waals surface area contributed by atoms with E-state index in [1.54, 1.807) is 0 Å². The summed E-state index contributed by atoms with van der Waals surface area (Å²) in [6.45, 7) is 0.395. The van der Waals surface area contributed by atoms with Gasteiger partial charge >= 0.3 is 0 Å². The van der Waals surface area contributed by atoms with Crippen molar-refractivity contribution in [1.29, 1.82) is 0 Å². The smallest absolute Gasteiger partial charge is 0.212 e. The Morgan fingerprint density at radius 1 is 1.50 bits per heavy atom. The summed E-state index contributed by atoms with van der Waals surface area (Å²) in [4.78, 5) is 0. The molecule has 14 heavy (non-hydrogen) atoms. The molecule has 0 aliphatic carbocycles. The quantitative estimate of drug-likeness (QED) is 0.507. The molecule has 1 aromatic heterocycles. The van der Waals surface area contributed by atoms with Gasteiger partial charge in [0.25, 0.3) is 0 Å². The highest BCUT2D eigenvalue weighted by Crippen LogP contribution is 1.90. The van der Waals surface area contributed by atoms with Crippen molar-refractivity contribution in [1.82, 2.24) is 25.3 Å². The van der Waals surface area contributed by atoms with Gasteiger partial charge in [-0.3, -0.25) is 0 Å². The van der Waals surface area contributed by atoms with E-state index in [-0.39, 0.29) is 12.3 Å². The molecule has 0 atom stereocenters. The summed E-state index contributed by atoms with van der Waals surface area (Å²) in [6.07, 6.45) is 0.432. The zero-order valence-corrected chi connectivity index (χ0v) is 8.29. The van der Waals surface area contributed by atoms with E-state index in [2.05, 4.69) is 25.3 Å². The van der Waals surface area contributed by atoms with Crippen LogP contribution in [0.5, 0.6) is 0 Å². The molecule has 0 unspecified atom stereocenters. The number of hydrogen-bond acceptors (Lipinski definition) is 6. The Labute approximate surface area is 81.3 Å². The summed E-state index contributed by atoms with van der Waals surface area (Å²) < 4.78 is 24.8. The second kappa shape index (κ2) is 4.98. The van der Waals surface area contributed by atoms with Gasteiger partial charge < -0.3 is 5.73 Å². The zero-order valence-electron chi connectivity index (χ0n) is 7.47. The summed E-state index contributed by atoms with van der Waals surface area (Å²) in [5, 5.41) is 12.7. The second-order valence-corrected chi connectivity index (χ2v) is 4.54. The third kappa shape index (κ3) is 3.77. The maximum absolute atomic E-state index is 11.2. The fourth-order valence-corrected chi connectivity index (χ4v) is 1.82. The maximum atomic E-state index is 11.2. The van der Waals surface area contributed by atoms with E-state index in [0.29, 0.717) is 18.8 Å². The average molecular weight is 220 g/mol. The van der Waals surface area contributed by atoms with Crippen molar-refractivity contribution in [2.45, 2.75) is 13.0 Å². The van der Waals surface area contributed by atoms with Crippen molar-refractivity contribution < 1.29 is 8.42 Å². The van der Waals surface area contributed by atoms with Crippen molar-refractivity contribution in [3.8, 4) is 0 Å². The highest BCUT2D eigenvalue weighted by Gasteiger charge is 2.10. The van der Waals surface area contributed by atoms with E-state index < -0.39 is 10.0 Å². The predicted molar refractivity (Wildman–Crippen MR) is 48.5 cm³/mol. The molecule has 0 radical (unpaired) electrons. The Kier molecular flexibility index (Phi) is 3.92. The van der Waals surface area contributed by atoms with E-state index in [1.807, 2.05) is 0 Å². The highest BCUT2D eigenvalue weighted by atomic mass is 32.2. The number of aromatic amines is 1. The van der Waals surface area contributed by atoms with Crippen molar-refractivity contribution in [2.24, 2.45) is 5.73 Å². The van der Waals surface area contributed by atoms with Crippen LogP contribution in [0.15, 0.2) is 0 Å². The van der Waals surface area contributed by atoms with E-state index in [1.165, 1.54) is 0 Å². The summed E-state index contributed by atoms with van der Waals surface area (Å²) >= 11 is 0. The Hall–Kier alpha value is -1.06. The Morgan fingerprint density at radius 3 is 2.86 bits per heavy atom. The lowest BCUT2D eigenvalue weighted by Gasteiger charge is -2.02. The summed E-state index contributed by atoms with van der Waals surface area (Å²) in [7, 11) is -3.27. The SMILES string of the molecule is NCCCS(=O)(=O)NCc1nn[nH]n1. The average Bonchev–Trinajstić information content (AvgIpc) is 2.64. The molecule has 0 aliphatic heterocycles. The van der Waals surface area contributed by atoms with Gasteiger partial charge in [-0.2, -0.15) is 5.21 Å². The number of nitrogens with zero attached hydrogens (tertiary/aromatic N) is 3. The number of nitrogens with two attached hydrogens (primary N) is 1. The highest BCUT2D eigenvalue weighted by molar-refractivity contribution is 7.89. The molecular formula is C5H12N6O2S. The van der Waals surface area contributed by atoms with Crippen LogP contribution >= 0.6 is 0 Å². The number of sulfonamides is 1. The Bertz CT molecular complexity index is 346. The van der Waals surface area contributed by atoms with Gasteiger partial charge in [0.2, 0.25) is 10.0 Å². The van der Waals surface area contributed by atoms with Gasteiger partial charge in [-0.15, -0.1) is 10.2 Å². The molecule has 4 N–H and O–H groups in total. The fraction of sp³-hybridized carbons (Fsp3) is 0.800.